The van der Waals surface area contributed by atoms with Gasteiger partial charge in [0.25, 0.3) is 5.56 Å². The molecular formula is C19H22N6O. The topological polar surface area (TPSA) is 77.6 Å². The van der Waals surface area contributed by atoms with E-state index < -0.39 is 0 Å². The molecule has 0 radical (unpaired) electrons. The quantitative estimate of drug-likeness (QED) is 0.740. The molecule has 1 aliphatic rings. The molecule has 3 aromatic heterocycles. The van der Waals surface area contributed by atoms with Gasteiger partial charge in [0.1, 0.15) is 0 Å². The van der Waals surface area contributed by atoms with E-state index in [2.05, 4.69) is 27.3 Å². The molecule has 0 aliphatic heterocycles. The average molecular weight is 350 g/mol. The summed E-state index contributed by atoms with van der Waals surface area (Å²) in [6, 6.07) is 5.28. The van der Waals surface area contributed by atoms with Gasteiger partial charge in [-0.15, -0.1) is 0 Å². The number of aryl methyl sites for hydroxylation is 1. The van der Waals surface area contributed by atoms with Gasteiger partial charge in [0, 0.05) is 48.5 Å². The lowest BCUT2D eigenvalue weighted by Gasteiger charge is -2.10. The zero-order valence-electron chi connectivity index (χ0n) is 15.0. The molecule has 0 unspecified atom stereocenters. The summed E-state index contributed by atoms with van der Waals surface area (Å²) in [5, 5.41) is 7.94. The van der Waals surface area contributed by atoms with E-state index in [4.69, 9.17) is 0 Å². The Morgan fingerprint density at radius 3 is 2.65 bits per heavy atom. The molecule has 0 aromatic carbocycles. The first-order valence-corrected chi connectivity index (χ1v) is 8.93. The standard InChI is InChI=1S/C19H22N6O/c1-3-9-24-13-15(4-5-17(24)26)25-10-6-16(23-25)14-11-20-18(21-12-14)22-19(2)7-8-19/h4-6,10-13H,3,7-9H2,1-2H3,(H,20,21,22). The summed E-state index contributed by atoms with van der Waals surface area (Å²) in [4.78, 5) is 20.7. The first-order chi connectivity index (χ1) is 12.6. The minimum atomic E-state index is 0.00354. The fraction of sp³-hybridized carbons (Fsp3) is 0.368. The monoisotopic (exact) mass is 350 g/mol. The Morgan fingerprint density at radius 2 is 1.96 bits per heavy atom. The molecule has 1 N–H and O–H groups in total. The third-order valence-corrected chi connectivity index (χ3v) is 4.65. The van der Waals surface area contributed by atoms with Crippen molar-refractivity contribution in [1.29, 1.82) is 0 Å². The van der Waals surface area contributed by atoms with Crippen LogP contribution in [-0.2, 0) is 6.54 Å². The van der Waals surface area contributed by atoms with Crippen molar-refractivity contribution in [2.24, 2.45) is 0 Å². The Bertz CT molecular complexity index is 968. The number of hydrogen-bond donors (Lipinski definition) is 1. The largest absolute Gasteiger partial charge is 0.349 e. The molecule has 1 fully saturated rings. The van der Waals surface area contributed by atoms with Crippen molar-refractivity contribution in [3.8, 4) is 16.9 Å². The van der Waals surface area contributed by atoms with Gasteiger partial charge in [-0.3, -0.25) is 4.79 Å². The van der Waals surface area contributed by atoms with E-state index in [9.17, 15) is 4.79 Å². The first kappa shape index (κ1) is 16.5. The van der Waals surface area contributed by atoms with Gasteiger partial charge in [-0.1, -0.05) is 6.92 Å². The first-order valence-electron chi connectivity index (χ1n) is 8.93. The molecule has 7 heteroatoms. The Balaban J connectivity index is 1.56. The van der Waals surface area contributed by atoms with Crippen LogP contribution in [0.1, 0.15) is 33.1 Å². The van der Waals surface area contributed by atoms with Crippen LogP contribution in [0.15, 0.2) is 47.8 Å². The van der Waals surface area contributed by atoms with Crippen LogP contribution in [0.2, 0.25) is 0 Å². The van der Waals surface area contributed by atoms with E-state index in [-0.39, 0.29) is 11.1 Å². The summed E-state index contributed by atoms with van der Waals surface area (Å²) >= 11 is 0. The number of nitrogens with zero attached hydrogens (tertiary/aromatic N) is 5. The SMILES string of the molecule is CCCn1cc(-n2ccc(-c3cnc(NC4(C)CC4)nc3)n2)ccc1=O. The van der Waals surface area contributed by atoms with Gasteiger partial charge in [-0.05, 0) is 38.3 Å². The van der Waals surface area contributed by atoms with E-state index in [1.54, 1.807) is 33.8 Å². The zero-order valence-corrected chi connectivity index (χ0v) is 15.0. The van der Waals surface area contributed by atoms with Crippen molar-refractivity contribution in [3.05, 3.63) is 53.3 Å². The average Bonchev–Trinajstić information content (AvgIpc) is 3.17. The molecule has 0 bridgehead atoms. The third kappa shape index (κ3) is 3.37. The summed E-state index contributed by atoms with van der Waals surface area (Å²) in [6.07, 6.45) is 10.5. The highest BCUT2D eigenvalue weighted by Crippen LogP contribution is 2.37. The molecule has 7 nitrogen and oxygen atoms in total. The van der Waals surface area contributed by atoms with Gasteiger partial charge in [0.05, 0.1) is 11.4 Å². The van der Waals surface area contributed by atoms with E-state index in [1.165, 1.54) is 0 Å². The number of hydrogen-bond acceptors (Lipinski definition) is 5. The van der Waals surface area contributed by atoms with Crippen molar-refractivity contribution in [3.63, 3.8) is 0 Å². The second kappa shape index (κ2) is 6.40. The van der Waals surface area contributed by atoms with Gasteiger partial charge in [0.2, 0.25) is 5.95 Å². The summed E-state index contributed by atoms with van der Waals surface area (Å²) in [5.74, 6) is 0.653. The van der Waals surface area contributed by atoms with Crippen LogP contribution in [0.3, 0.4) is 0 Å². The molecule has 1 aliphatic carbocycles. The lowest BCUT2D eigenvalue weighted by atomic mass is 10.2. The van der Waals surface area contributed by atoms with Gasteiger partial charge in [-0.2, -0.15) is 5.10 Å². The van der Waals surface area contributed by atoms with Gasteiger partial charge < -0.3 is 9.88 Å². The fourth-order valence-electron chi connectivity index (χ4n) is 2.80. The molecule has 0 atom stereocenters. The highest BCUT2D eigenvalue weighted by Gasteiger charge is 2.37. The lowest BCUT2D eigenvalue weighted by Crippen LogP contribution is -2.19. The predicted molar refractivity (Wildman–Crippen MR) is 100 cm³/mol. The predicted octanol–water partition coefficient (Wildman–Crippen LogP) is 2.87. The molecule has 26 heavy (non-hydrogen) atoms. The Hall–Kier alpha value is -2.96. The minimum absolute atomic E-state index is 0.00354. The van der Waals surface area contributed by atoms with Crippen LogP contribution >= 0.6 is 0 Å². The van der Waals surface area contributed by atoms with Crippen molar-refractivity contribution >= 4 is 5.95 Å². The number of pyridine rings is 1. The summed E-state index contributed by atoms with van der Waals surface area (Å²) in [6.45, 7) is 4.92. The van der Waals surface area contributed by atoms with Crippen LogP contribution in [0, 0.1) is 0 Å². The van der Waals surface area contributed by atoms with Crippen LogP contribution in [-0.4, -0.2) is 29.9 Å². The molecule has 4 rings (SSSR count). The molecule has 3 heterocycles. The summed E-state index contributed by atoms with van der Waals surface area (Å²) in [5.41, 5.74) is 2.67. The second-order valence-corrected chi connectivity index (χ2v) is 7.05. The fourth-order valence-corrected chi connectivity index (χ4v) is 2.80. The van der Waals surface area contributed by atoms with E-state index in [0.717, 1.165) is 36.2 Å². The molecule has 3 aromatic rings. The van der Waals surface area contributed by atoms with Gasteiger partial charge in [0.15, 0.2) is 0 Å². The number of aromatic nitrogens is 5. The van der Waals surface area contributed by atoms with E-state index >= 15 is 0 Å². The van der Waals surface area contributed by atoms with Gasteiger partial charge >= 0.3 is 0 Å². The smallest absolute Gasteiger partial charge is 0.250 e. The second-order valence-electron chi connectivity index (χ2n) is 7.05. The molecular weight excluding hydrogens is 328 g/mol. The number of anilines is 1. The van der Waals surface area contributed by atoms with Crippen molar-refractivity contribution < 1.29 is 0 Å². The number of rotatable bonds is 6. The van der Waals surface area contributed by atoms with Crippen molar-refractivity contribution in [2.75, 3.05) is 5.32 Å². The Labute approximate surface area is 151 Å². The minimum Gasteiger partial charge on any atom is -0.349 e. The molecule has 0 amide bonds. The number of nitrogens with one attached hydrogen (secondary N) is 1. The van der Waals surface area contributed by atoms with E-state index in [0.29, 0.717) is 12.5 Å². The maximum absolute atomic E-state index is 11.9. The summed E-state index contributed by atoms with van der Waals surface area (Å²) < 4.78 is 3.47. The van der Waals surface area contributed by atoms with Crippen molar-refractivity contribution in [2.45, 2.75) is 45.2 Å². The van der Waals surface area contributed by atoms with Crippen LogP contribution in [0.4, 0.5) is 5.95 Å². The normalized spacial score (nSPS) is 15.0. The maximum atomic E-state index is 11.9. The van der Waals surface area contributed by atoms with Crippen molar-refractivity contribution in [1.82, 2.24) is 24.3 Å². The summed E-state index contributed by atoms with van der Waals surface area (Å²) in [7, 11) is 0. The molecule has 0 spiro atoms. The molecule has 0 saturated heterocycles. The van der Waals surface area contributed by atoms with Gasteiger partial charge in [-0.25, -0.2) is 14.6 Å². The maximum Gasteiger partial charge on any atom is 0.250 e. The zero-order chi connectivity index (χ0) is 18.1. The Morgan fingerprint density at radius 1 is 1.19 bits per heavy atom. The highest BCUT2D eigenvalue weighted by atomic mass is 16.1. The highest BCUT2D eigenvalue weighted by molar-refractivity contribution is 5.57. The molecule has 134 valence electrons. The molecule has 1 saturated carbocycles. The van der Waals surface area contributed by atoms with Crippen LogP contribution < -0.4 is 10.9 Å². The van der Waals surface area contributed by atoms with E-state index in [1.807, 2.05) is 25.4 Å². The Kier molecular flexibility index (Phi) is 4.06. The van der Waals surface area contributed by atoms with Crippen LogP contribution in [0.5, 0.6) is 0 Å². The van der Waals surface area contributed by atoms with Crippen LogP contribution in [0.25, 0.3) is 16.9 Å². The lowest BCUT2D eigenvalue weighted by molar-refractivity contribution is 0.648. The third-order valence-electron chi connectivity index (χ3n) is 4.65.